The van der Waals surface area contributed by atoms with Crippen molar-refractivity contribution in [1.82, 2.24) is 9.88 Å². The van der Waals surface area contributed by atoms with Crippen molar-refractivity contribution in [3.63, 3.8) is 0 Å². The zero-order valence-corrected chi connectivity index (χ0v) is 15.9. The molecule has 152 valence electrons. The largest absolute Gasteiger partial charge is 0.378 e. The van der Waals surface area contributed by atoms with Crippen LogP contribution in [0.4, 0.5) is 20.4 Å². The number of aliphatic imine (C=N–C) groups is 1. The molecule has 3 saturated heterocycles. The molecule has 1 N–H and O–H groups in total. The number of pyridine rings is 1. The van der Waals surface area contributed by atoms with Crippen LogP contribution in [-0.4, -0.2) is 73.6 Å². The number of aromatic nitrogens is 1. The van der Waals surface area contributed by atoms with Gasteiger partial charge in [-0.25, -0.2) is 13.8 Å². The fourth-order valence-electron chi connectivity index (χ4n) is 4.00. The third-order valence-electron chi connectivity index (χ3n) is 5.89. The molecule has 0 radical (unpaired) electrons. The molecule has 0 saturated carbocycles. The normalized spacial score (nSPS) is 24.5. The van der Waals surface area contributed by atoms with Gasteiger partial charge in [0.1, 0.15) is 17.5 Å². The smallest absolute Gasteiger partial charge is 0.282 e. The van der Waals surface area contributed by atoms with Crippen LogP contribution in [0.5, 0.6) is 0 Å². The zero-order chi connectivity index (χ0) is 20.0. The number of alkyl halides is 2. The number of rotatable bonds is 4. The highest BCUT2D eigenvalue weighted by Gasteiger charge is 2.45. The maximum absolute atomic E-state index is 13.4. The summed E-state index contributed by atoms with van der Waals surface area (Å²) in [5.74, 6) is -0.590. The third-order valence-corrected chi connectivity index (χ3v) is 5.89. The Kier molecular flexibility index (Phi) is 4.48. The molecule has 3 fully saturated rings. The second kappa shape index (κ2) is 7.04. The number of nitrogens with zero attached hydrogens (tertiary/aromatic N) is 5. The van der Waals surface area contributed by atoms with Gasteiger partial charge in [0.05, 0.1) is 38.4 Å². The van der Waals surface area contributed by atoms with Crippen molar-refractivity contribution in [3.8, 4) is 6.07 Å². The van der Waals surface area contributed by atoms with Crippen molar-refractivity contribution in [2.75, 3.05) is 56.2 Å². The van der Waals surface area contributed by atoms with Gasteiger partial charge in [-0.3, -0.25) is 9.89 Å². The predicted molar refractivity (Wildman–Crippen MR) is 105 cm³/mol. The van der Waals surface area contributed by atoms with Gasteiger partial charge < -0.3 is 15.0 Å². The molecule has 0 unspecified atom stereocenters. The van der Waals surface area contributed by atoms with Crippen molar-refractivity contribution in [2.45, 2.75) is 24.3 Å². The SMILES string of the molecule is N#CC1=CC(Nc2cc(C3CN(C4COC4)C3)cc(N3CC(F)(F)C3)n2)=NCC1. The second-order valence-corrected chi connectivity index (χ2v) is 8.12. The molecule has 9 heteroatoms. The molecule has 5 heterocycles. The van der Waals surface area contributed by atoms with Gasteiger partial charge in [0.25, 0.3) is 5.92 Å². The number of hydrogen-bond donors (Lipinski definition) is 1. The van der Waals surface area contributed by atoms with Gasteiger partial charge >= 0.3 is 0 Å². The number of hydrogen-bond acceptors (Lipinski definition) is 7. The summed E-state index contributed by atoms with van der Waals surface area (Å²) < 4.78 is 32.0. The van der Waals surface area contributed by atoms with Crippen LogP contribution in [-0.2, 0) is 4.74 Å². The monoisotopic (exact) mass is 400 g/mol. The van der Waals surface area contributed by atoms with E-state index in [1.165, 1.54) is 0 Å². The van der Waals surface area contributed by atoms with E-state index in [-0.39, 0.29) is 13.1 Å². The molecule has 0 aliphatic carbocycles. The molecule has 1 aromatic rings. The summed E-state index contributed by atoms with van der Waals surface area (Å²) >= 11 is 0. The maximum atomic E-state index is 13.4. The quantitative estimate of drug-likeness (QED) is 0.833. The summed E-state index contributed by atoms with van der Waals surface area (Å²) in [6, 6.07) is 6.57. The van der Waals surface area contributed by atoms with Crippen LogP contribution < -0.4 is 10.2 Å². The van der Waals surface area contributed by atoms with Crippen LogP contribution in [0.25, 0.3) is 0 Å². The van der Waals surface area contributed by atoms with Gasteiger partial charge in [-0.05, 0) is 23.8 Å². The van der Waals surface area contributed by atoms with Gasteiger partial charge in [-0.15, -0.1) is 0 Å². The van der Waals surface area contributed by atoms with Crippen molar-refractivity contribution in [1.29, 1.82) is 5.26 Å². The van der Waals surface area contributed by atoms with Gasteiger partial charge in [-0.2, -0.15) is 5.26 Å². The van der Waals surface area contributed by atoms with Gasteiger partial charge in [0.15, 0.2) is 0 Å². The lowest BCUT2D eigenvalue weighted by molar-refractivity contribution is -0.0906. The molecular weight excluding hydrogens is 378 g/mol. The van der Waals surface area contributed by atoms with Crippen molar-refractivity contribution < 1.29 is 13.5 Å². The van der Waals surface area contributed by atoms with Crippen molar-refractivity contribution in [3.05, 3.63) is 29.3 Å². The molecule has 0 amide bonds. The number of likely N-dealkylation sites (tertiary alicyclic amines) is 1. The van der Waals surface area contributed by atoms with E-state index in [1.54, 1.807) is 11.0 Å². The van der Waals surface area contributed by atoms with Crippen LogP contribution in [0.3, 0.4) is 0 Å². The van der Waals surface area contributed by atoms with E-state index in [9.17, 15) is 8.78 Å². The zero-order valence-electron chi connectivity index (χ0n) is 15.9. The van der Waals surface area contributed by atoms with E-state index in [0.29, 0.717) is 48.0 Å². The maximum Gasteiger partial charge on any atom is 0.282 e. The highest BCUT2D eigenvalue weighted by atomic mass is 19.3. The molecule has 29 heavy (non-hydrogen) atoms. The van der Waals surface area contributed by atoms with E-state index >= 15 is 0 Å². The van der Waals surface area contributed by atoms with E-state index in [1.807, 2.05) is 12.1 Å². The number of anilines is 2. The number of ether oxygens (including phenoxy) is 1. The molecule has 0 atom stereocenters. The Bertz CT molecular complexity index is 906. The lowest BCUT2D eigenvalue weighted by Crippen LogP contribution is -2.58. The van der Waals surface area contributed by atoms with Crippen molar-refractivity contribution >= 4 is 17.5 Å². The summed E-state index contributed by atoms with van der Waals surface area (Å²) in [4.78, 5) is 12.9. The van der Waals surface area contributed by atoms with E-state index in [0.717, 1.165) is 31.9 Å². The highest BCUT2D eigenvalue weighted by molar-refractivity contribution is 6.04. The summed E-state index contributed by atoms with van der Waals surface area (Å²) in [7, 11) is 0. The lowest BCUT2D eigenvalue weighted by atomic mass is 9.89. The van der Waals surface area contributed by atoms with Crippen LogP contribution in [0.2, 0.25) is 0 Å². The molecule has 0 bridgehead atoms. The minimum atomic E-state index is -2.65. The van der Waals surface area contributed by atoms with Crippen LogP contribution >= 0.6 is 0 Å². The first-order valence-electron chi connectivity index (χ1n) is 9.88. The standard InChI is InChI=1S/C20H22F2N6O/c21-20(22)11-28(12-20)19-5-14(15-7-27(8-15)16-9-29-10-16)4-18(26-19)25-17-3-13(6-23)1-2-24-17/h3-5,15-16H,1-2,7-12H2,(H,24,25,26). The molecule has 4 aliphatic rings. The second-order valence-electron chi connectivity index (χ2n) is 8.12. The molecule has 4 aliphatic heterocycles. The van der Waals surface area contributed by atoms with Crippen LogP contribution in [0.1, 0.15) is 17.9 Å². The third kappa shape index (κ3) is 3.70. The Morgan fingerprint density at radius 2 is 2.03 bits per heavy atom. The number of amidine groups is 1. The lowest BCUT2D eigenvalue weighted by Gasteiger charge is -2.48. The Balaban J connectivity index is 1.36. The molecule has 0 spiro atoms. The molecular formula is C20H22F2N6O. The van der Waals surface area contributed by atoms with Crippen molar-refractivity contribution in [2.24, 2.45) is 4.99 Å². The minimum Gasteiger partial charge on any atom is -0.378 e. The van der Waals surface area contributed by atoms with E-state index in [4.69, 9.17) is 10.00 Å². The Labute approximate surface area is 167 Å². The summed E-state index contributed by atoms with van der Waals surface area (Å²) in [6.45, 7) is 3.39. The first kappa shape index (κ1) is 18.5. The Hall–Kier alpha value is -2.57. The Morgan fingerprint density at radius 3 is 2.69 bits per heavy atom. The van der Waals surface area contributed by atoms with E-state index < -0.39 is 5.92 Å². The number of halogens is 2. The molecule has 7 nitrogen and oxygen atoms in total. The van der Waals surface area contributed by atoms with Gasteiger partial charge in [0, 0.05) is 37.5 Å². The first-order chi connectivity index (χ1) is 14.0. The number of dihydropyridines is 1. The minimum absolute atomic E-state index is 0.307. The number of nitrogens with one attached hydrogen (secondary N) is 1. The fraction of sp³-hybridized carbons (Fsp3) is 0.550. The van der Waals surface area contributed by atoms with Crippen LogP contribution in [0.15, 0.2) is 28.8 Å². The number of nitriles is 1. The molecule has 1 aromatic heterocycles. The Morgan fingerprint density at radius 1 is 1.24 bits per heavy atom. The average molecular weight is 400 g/mol. The molecule has 0 aromatic carbocycles. The predicted octanol–water partition coefficient (Wildman–Crippen LogP) is 2.00. The van der Waals surface area contributed by atoms with Crippen LogP contribution in [0, 0.1) is 11.3 Å². The molecule has 5 rings (SSSR count). The van der Waals surface area contributed by atoms with Gasteiger partial charge in [-0.1, -0.05) is 0 Å². The van der Waals surface area contributed by atoms with Gasteiger partial charge in [0.2, 0.25) is 0 Å². The summed E-state index contributed by atoms with van der Waals surface area (Å²) in [5.41, 5.74) is 1.75. The average Bonchev–Trinajstić information content (AvgIpc) is 2.60. The summed E-state index contributed by atoms with van der Waals surface area (Å²) in [6.07, 6.45) is 2.35. The first-order valence-corrected chi connectivity index (χ1v) is 9.88. The summed E-state index contributed by atoms with van der Waals surface area (Å²) in [5, 5.41) is 12.3. The fourth-order valence-corrected chi connectivity index (χ4v) is 4.00. The highest BCUT2D eigenvalue weighted by Crippen LogP contribution is 2.36. The van der Waals surface area contributed by atoms with E-state index in [2.05, 4.69) is 26.3 Å². The topological polar surface area (TPSA) is 76.8 Å².